The van der Waals surface area contributed by atoms with Crippen molar-refractivity contribution in [2.75, 3.05) is 4.72 Å². The van der Waals surface area contributed by atoms with Crippen LogP contribution in [0.1, 0.15) is 0 Å². The summed E-state index contributed by atoms with van der Waals surface area (Å²) in [4.78, 5) is 0.179. The zero-order valence-corrected chi connectivity index (χ0v) is 15.7. The van der Waals surface area contributed by atoms with Crippen molar-refractivity contribution in [1.29, 1.82) is 0 Å². The molecule has 1 aromatic heterocycles. The maximum Gasteiger partial charge on any atom is 0.263 e. The van der Waals surface area contributed by atoms with Gasteiger partial charge in [-0.1, -0.05) is 84.1 Å². The van der Waals surface area contributed by atoms with Gasteiger partial charge in [0.2, 0.25) is 5.13 Å². The van der Waals surface area contributed by atoms with Gasteiger partial charge in [0.15, 0.2) is 0 Å². The Morgan fingerprint density at radius 3 is 1.85 bits per heavy atom. The number of aromatic nitrogens is 2. The van der Waals surface area contributed by atoms with Gasteiger partial charge in [-0.15, -0.1) is 10.2 Å². The lowest BCUT2D eigenvalue weighted by molar-refractivity contribution is 0.601. The second kappa shape index (κ2) is 7.30. The molecule has 7 heteroatoms. The Balaban J connectivity index is 1.55. The molecule has 4 rings (SSSR count). The Bertz CT molecular complexity index is 1140. The topological polar surface area (TPSA) is 72.0 Å². The van der Waals surface area contributed by atoms with Gasteiger partial charge in [0, 0.05) is 5.56 Å². The zero-order chi connectivity index (χ0) is 18.7. The minimum atomic E-state index is -3.72. The lowest BCUT2D eigenvalue weighted by Crippen LogP contribution is -2.12. The Hall–Kier alpha value is -3.03. The van der Waals surface area contributed by atoms with Crippen LogP contribution in [0.5, 0.6) is 0 Å². The molecule has 0 unspecified atom stereocenters. The third kappa shape index (κ3) is 3.89. The first-order valence-electron chi connectivity index (χ1n) is 8.19. The van der Waals surface area contributed by atoms with Gasteiger partial charge < -0.3 is 0 Å². The Labute approximate surface area is 161 Å². The van der Waals surface area contributed by atoms with E-state index >= 15 is 0 Å². The van der Waals surface area contributed by atoms with Crippen LogP contribution in [0.3, 0.4) is 0 Å². The molecule has 134 valence electrons. The van der Waals surface area contributed by atoms with Crippen LogP contribution in [-0.2, 0) is 10.0 Å². The van der Waals surface area contributed by atoms with Crippen LogP contribution < -0.4 is 4.72 Å². The number of hydrogen-bond acceptors (Lipinski definition) is 5. The summed E-state index contributed by atoms with van der Waals surface area (Å²) in [7, 11) is -3.72. The lowest BCUT2D eigenvalue weighted by atomic mass is 10.1. The van der Waals surface area contributed by atoms with Crippen LogP contribution in [0.2, 0.25) is 0 Å². The third-order valence-corrected chi connectivity index (χ3v) is 6.31. The highest BCUT2D eigenvalue weighted by Crippen LogP contribution is 2.28. The molecule has 4 aromatic rings. The van der Waals surface area contributed by atoms with Gasteiger partial charge in [-0.2, -0.15) is 0 Å². The predicted molar refractivity (Wildman–Crippen MR) is 108 cm³/mol. The quantitative estimate of drug-likeness (QED) is 0.535. The van der Waals surface area contributed by atoms with Crippen LogP contribution in [0, 0.1) is 0 Å². The molecule has 3 aromatic carbocycles. The number of nitrogens with zero attached hydrogens (tertiary/aromatic N) is 2. The van der Waals surface area contributed by atoms with Gasteiger partial charge in [-0.05, 0) is 23.3 Å². The van der Waals surface area contributed by atoms with Crippen molar-refractivity contribution in [1.82, 2.24) is 10.2 Å². The van der Waals surface area contributed by atoms with E-state index in [1.54, 1.807) is 24.3 Å². The molecular formula is C20H15N3O2S2. The van der Waals surface area contributed by atoms with E-state index in [1.807, 2.05) is 60.7 Å². The number of hydrogen-bond donors (Lipinski definition) is 1. The van der Waals surface area contributed by atoms with Crippen molar-refractivity contribution in [2.45, 2.75) is 4.90 Å². The summed E-state index contributed by atoms with van der Waals surface area (Å²) < 4.78 is 27.7. The van der Waals surface area contributed by atoms with E-state index in [4.69, 9.17) is 0 Å². The Morgan fingerprint density at radius 1 is 0.667 bits per heavy atom. The summed E-state index contributed by atoms with van der Waals surface area (Å²) in [5.41, 5.74) is 2.88. The molecule has 0 bridgehead atoms. The van der Waals surface area contributed by atoms with Crippen molar-refractivity contribution in [3.63, 3.8) is 0 Å². The number of benzene rings is 3. The van der Waals surface area contributed by atoms with Crippen LogP contribution in [0.25, 0.3) is 21.7 Å². The van der Waals surface area contributed by atoms with E-state index in [2.05, 4.69) is 14.9 Å². The fraction of sp³-hybridized carbons (Fsp3) is 0. The molecule has 1 heterocycles. The summed E-state index contributed by atoms with van der Waals surface area (Å²) in [5, 5.41) is 8.90. The van der Waals surface area contributed by atoms with Crippen molar-refractivity contribution in [3.8, 4) is 21.7 Å². The van der Waals surface area contributed by atoms with Crippen LogP contribution in [0.15, 0.2) is 89.8 Å². The van der Waals surface area contributed by atoms with Gasteiger partial charge >= 0.3 is 0 Å². The average molecular weight is 393 g/mol. The molecule has 0 saturated carbocycles. The minimum absolute atomic E-state index is 0.179. The molecule has 0 spiro atoms. The molecule has 0 fully saturated rings. The highest BCUT2D eigenvalue weighted by molar-refractivity contribution is 7.93. The van der Waals surface area contributed by atoms with E-state index in [0.717, 1.165) is 16.7 Å². The molecule has 0 amide bonds. The lowest BCUT2D eigenvalue weighted by Gasteiger charge is -2.06. The molecule has 0 aliphatic rings. The molecule has 27 heavy (non-hydrogen) atoms. The summed E-state index contributed by atoms with van der Waals surface area (Å²) in [6.07, 6.45) is 0. The second-order valence-electron chi connectivity index (χ2n) is 5.77. The monoisotopic (exact) mass is 393 g/mol. The molecular weight excluding hydrogens is 378 g/mol. The summed E-state index contributed by atoms with van der Waals surface area (Å²) in [5.74, 6) is 0. The highest BCUT2D eigenvalue weighted by Gasteiger charge is 2.17. The normalized spacial score (nSPS) is 11.3. The van der Waals surface area contributed by atoms with Crippen LogP contribution in [-0.4, -0.2) is 18.6 Å². The Kier molecular flexibility index (Phi) is 4.70. The van der Waals surface area contributed by atoms with Gasteiger partial charge in [-0.25, -0.2) is 8.42 Å². The SMILES string of the molecule is O=S(=O)(Nc1nnc(-c2ccccc2)s1)c1ccc(-c2ccccc2)cc1. The standard InChI is InChI=1S/C20H15N3O2S2/c24-27(25,18-13-11-16(12-14-18)15-7-3-1-4-8-15)23-20-22-21-19(26-20)17-9-5-2-6-10-17/h1-14H,(H,22,23). The van der Waals surface area contributed by atoms with E-state index in [-0.39, 0.29) is 10.0 Å². The molecule has 1 N–H and O–H groups in total. The number of rotatable bonds is 5. The molecule has 0 aliphatic heterocycles. The molecule has 5 nitrogen and oxygen atoms in total. The van der Waals surface area contributed by atoms with E-state index < -0.39 is 10.0 Å². The van der Waals surface area contributed by atoms with Gasteiger partial charge in [-0.3, -0.25) is 4.72 Å². The van der Waals surface area contributed by atoms with Crippen LogP contribution in [0.4, 0.5) is 5.13 Å². The first-order valence-corrected chi connectivity index (χ1v) is 10.5. The van der Waals surface area contributed by atoms with Gasteiger partial charge in [0.05, 0.1) is 4.90 Å². The third-order valence-electron chi connectivity index (χ3n) is 3.94. The maximum atomic E-state index is 12.6. The fourth-order valence-corrected chi connectivity index (χ4v) is 4.57. The number of anilines is 1. The smallest absolute Gasteiger partial charge is 0.253 e. The van der Waals surface area contributed by atoms with E-state index in [0.29, 0.717) is 5.01 Å². The van der Waals surface area contributed by atoms with Gasteiger partial charge in [0.1, 0.15) is 5.01 Å². The summed E-state index contributed by atoms with van der Waals surface area (Å²) in [6.45, 7) is 0. The second-order valence-corrected chi connectivity index (χ2v) is 8.43. The van der Waals surface area contributed by atoms with Crippen molar-refractivity contribution in [2.24, 2.45) is 0 Å². The average Bonchev–Trinajstić information content (AvgIpc) is 3.17. The first kappa shape index (κ1) is 17.4. The van der Waals surface area contributed by atoms with Crippen molar-refractivity contribution < 1.29 is 8.42 Å². The van der Waals surface area contributed by atoms with Crippen LogP contribution >= 0.6 is 11.3 Å². The first-order chi connectivity index (χ1) is 13.1. The van der Waals surface area contributed by atoms with Gasteiger partial charge in [0.25, 0.3) is 10.0 Å². The maximum absolute atomic E-state index is 12.6. The molecule has 0 saturated heterocycles. The largest absolute Gasteiger partial charge is 0.263 e. The predicted octanol–water partition coefficient (Wildman–Crippen LogP) is 4.67. The fourth-order valence-electron chi connectivity index (χ4n) is 2.59. The molecule has 0 radical (unpaired) electrons. The zero-order valence-electron chi connectivity index (χ0n) is 14.1. The van der Waals surface area contributed by atoms with E-state index in [1.165, 1.54) is 11.3 Å². The summed E-state index contributed by atoms with van der Waals surface area (Å²) >= 11 is 1.20. The summed E-state index contributed by atoms with van der Waals surface area (Å²) in [6, 6.07) is 26.1. The number of nitrogens with one attached hydrogen (secondary N) is 1. The highest BCUT2D eigenvalue weighted by atomic mass is 32.2. The van der Waals surface area contributed by atoms with Crippen molar-refractivity contribution in [3.05, 3.63) is 84.9 Å². The Morgan fingerprint density at radius 2 is 1.22 bits per heavy atom. The molecule has 0 aliphatic carbocycles. The molecule has 0 atom stereocenters. The number of sulfonamides is 1. The minimum Gasteiger partial charge on any atom is -0.253 e. The van der Waals surface area contributed by atoms with E-state index in [9.17, 15) is 8.42 Å². The van der Waals surface area contributed by atoms with Crippen molar-refractivity contribution >= 4 is 26.5 Å².